The van der Waals surface area contributed by atoms with Crippen LogP contribution in [0.15, 0.2) is 48.7 Å². The molecule has 0 spiro atoms. The summed E-state index contributed by atoms with van der Waals surface area (Å²) >= 11 is 0. The summed E-state index contributed by atoms with van der Waals surface area (Å²) in [5, 5.41) is 2.72. The molecule has 0 bridgehead atoms. The van der Waals surface area contributed by atoms with Crippen LogP contribution < -0.4 is 4.43 Å². The van der Waals surface area contributed by atoms with Crippen LogP contribution in [0.25, 0.3) is 10.8 Å². The van der Waals surface area contributed by atoms with Crippen molar-refractivity contribution in [3.8, 4) is 5.75 Å². The average Bonchev–Trinajstić information content (AvgIpc) is 2.50. The minimum atomic E-state index is -1.79. The number of benzene rings is 2. The van der Waals surface area contributed by atoms with Crippen LogP contribution in [0.5, 0.6) is 5.75 Å². The van der Waals surface area contributed by atoms with Crippen LogP contribution in [0.4, 0.5) is 0 Å². The summed E-state index contributed by atoms with van der Waals surface area (Å²) in [5.74, 6) is 0.991. The number of allylic oxidation sites excluding steroid dienone is 1. The van der Waals surface area contributed by atoms with Gasteiger partial charge in [-0.05, 0) is 65.5 Å². The standard InChI is InChI=1S/C21H30O2Si/c1-21(2,3)24(5,6)23-20-13-12-18-15-17(9-7-8-14-22-4)10-11-19(18)16-20/h8,10-16H,7,9H2,1-6H3/b14-8+. The molecule has 130 valence electrons. The molecule has 0 aliphatic carbocycles. The van der Waals surface area contributed by atoms with Gasteiger partial charge in [-0.2, -0.15) is 0 Å². The van der Waals surface area contributed by atoms with Gasteiger partial charge in [-0.1, -0.05) is 45.0 Å². The Balaban J connectivity index is 2.16. The van der Waals surface area contributed by atoms with Gasteiger partial charge in [0.1, 0.15) is 5.75 Å². The fourth-order valence-corrected chi connectivity index (χ4v) is 3.38. The van der Waals surface area contributed by atoms with E-state index in [1.54, 1.807) is 13.4 Å². The van der Waals surface area contributed by atoms with Crippen molar-refractivity contribution in [2.75, 3.05) is 7.11 Å². The molecule has 2 rings (SSSR count). The Morgan fingerprint density at radius 2 is 1.67 bits per heavy atom. The first-order chi connectivity index (χ1) is 11.2. The maximum atomic E-state index is 6.41. The highest BCUT2D eigenvalue weighted by Crippen LogP contribution is 2.37. The first-order valence-electron chi connectivity index (χ1n) is 8.62. The molecular weight excluding hydrogens is 312 g/mol. The molecule has 0 aliphatic heterocycles. The lowest BCUT2D eigenvalue weighted by atomic mass is 10.0. The van der Waals surface area contributed by atoms with E-state index in [0.29, 0.717) is 0 Å². The van der Waals surface area contributed by atoms with Gasteiger partial charge in [0.15, 0.2) is 0 Å². The molecular formula is C21H30O2Si. The van der Waals surface area contributed by atoms with Crippen molar-refractivity contribution in [1.82, 2.24) is 0 Å². The Bertz CT molecular complexity index is 711. The Morgan fingerprint density at radius 1 is 1.00 bits per heavy atom. The summed E-state index contributed by atoms with van der Waals surface area (Å²) in [4.78, 5) is 0. The van der Waals surface area contributed by atoms with Gasteiger partial charge in [0.25, 0.3) is 0 Å². The largest absolute Gasteiger partial charge is 0.543 e. The van der Waals surface area contributed by atoms with E-state index in [9.17, 15) is 0 Å². The molecule has 0 N–H and O–H groups in total. The quantitative estimate of drug-likeness (QED) is 0.452. The molecule has 0 amide bonds. The summed E-state index contributed by atoms with van der Waals surface area (Å²) in [6, 6.07) is 13.1. The van der Waals surface area contributed by atoms with Gasteiger partial charge in [0.2, 0.25) is 8.32 Å². The second-order valence-electron chi connectivity index (χ2n) is 7.85. The third kappa shape index (κ3) is 4.64. The molecule has 0 atom stereocenters. The van der Waals surface area contributed by atoms with Gasteiger partial charge in [-0.15, -0.1) is 0 Å². The van der Waals surface area contributed by atoms with E-state index in [0.717, 1.165) is 18.6 Å². The third-order valence-electron chi connectivity index (χ3n) is 4.89. The summed E-state index contributed by atoms with van der Waals surface area (Å²) in [6.07, 6.45) is 5.82. The zero-order valence-corrected chi connectivity index (χ0v) is 16.8. The highest BCUT2D eigenvalue weighted by molar-refractivity contribution is 6.74. The maximum Gasteiger partial charge on any atom is 0.250 e. The lowest BCUT2D eigenvalue weighted by molar-refractivity contribution is 0.336. The van der Waals surface area contributed by atoms with Crippen LogP contribution >= 0.6 is 0 Å². The van der Waals surface area contributed by atoms with Crippen molar-refractivity contribution in [2.45, 2.75) is 51.7 Å². The molecule has 0 unspecified atom stereocenters. The van der Waals surface area contributed by atoms with Crippen molar-refractivity contribution in [3.63, 3.8) is 0 Å². The zero-order chi connectivity index (χ0) is 17.8. The number of hydrogen-bond donors (Lipinski definition) is 0. The highest BCUT2D eigenvalue weighted by Gasteiger charge is 2.38. The third-order valence-corrected chi connectivity index (χ3v) is 9.25. The van der Waals surface area contributed by atoms with Gasteiger partial charge in [0.05, 0.1) is 13.4 Å². The lowest BCUT2D eigenvalue weighted by Gasteiger charge is -2.36. The van der Waals surface area contributed by atoms with Crippen molar-refractivity contribution >= 4 is 19.1 Å². The SMILES string of the molecule is CO/C=C/CCc1ccc2cc(O[Si](C)(C)C(C)(C)C)ccc2c1. The van der Waals surface area contributed by atoms with E-state index in [1.807, 2.05) is 0 Å². The topological polar surface area (TPSA) is 18.5 Å². The van der Waals surface area contributed by atoms with Crippen LogP contribution in [0.2, 0.25) is 18.1 Å². The predicted octanol–water partition coefficient (Wildman–Crippen LogP) is 6.32. The number of rotatable bonds is 6. The molecule has 0 fully saturated rings. The van der Waals surface area contributed by atoms with Crippen molar-refractivity contribution < 1.29 is 9.16 Å². The highest BCUT2D eigenvalue weighted by atomic mass is 28.4. The number of methoxy groups -OCH3 is 1. The van der Waals surface area contributed by atoms with Crippen LogP contribution in [0, 0.1) is 0 Å². The molecule has 0 saturated heterocycles. The van der Waals surface area contributed by atoms with E-state index >= 15 is 0 Å². The smallest absolute Gasteiger partial charge is 0.250 e. The number of aryl methyl sites for hydroxylation is 1. The van der Waals surface area contributed by atoms with Crippen LogP contribution in [-0.2, 0) is 11.2 Å². The molecule has 0 aromatic heterocycles. The summed E-state index contributed by atoms with van der Waals surface area (Å²) < 4.78 is 11.3. The second kappa shape index (κ2) is 7.43. The number of ether oxygens (including phenoxy) is 1. The van der Waals surface area contributed by atoms with Gasteiger partial charge in [0, 0.05) is 0 Å². The second-order valence-corrected chi connectivity index (χ2v) is 12.6. The Kier molecular flexibility index (Phi) is 5.76. The van der Waals surface area contributed by atoms with E-state index in [2.05, 4.69) is 76.3 Å². The molecule has 0 saturated carbocycles. The van der Waals surface area contributed by atoms with Crippen molar-refractivity contribution in [2.24, 2.45) is 0 Å². The predicted molar refractivity (Wildman–Crippen MR) is 106 cm³/mol. The minimum absolute atomic E-state index is 0.210. The first kappa shape index (κ1) is 18.6. The zero-order valence-electron chi connectivity index (χ0n) is 15.8. The fourth-order valence-electron chi connectivity index (χ4n) is 2.35. The molecule has 2 nitrogen and oxygen atoms in total. The Morgan fingerprint density at radius 3 is 2.33 bits per heavy atom. The van der Waals surface area contributed by atoms with E-state index in [4.69, 9.17) is 9.16 Å². The minimum Gasteiger partial charge on any atom is -0.543 e. The molecule has 0 radical (unpaired) electrons. The lowest BCUT2D eigenvalue weighted by Crippen LogP contribution is -2.43. The molecule has 2 aromatic carbocycles. The normalized spacial score (nSPS) is 12.8. The maximum absolute atomic E-state index is 6.41. The van der Waals surface area contributed by atoms with Gasteiger partial charge in [-0.3, -0.25) is 0 Å². The fraction of sp³-hybridized carbons (Fsp3) is 0.429. The Hall–Kier alpha value is -1.74. The first-order valence-corrected chi connectivity index (χ1v) is 11.5. The number of fused-ring (bicyclic) bond motifs is 1. The summed E-state index contributed by atoms with van der Waals surface area (Å²) in [7, 11) is -0.112. The van der Waals surface area contributed by atoms with E-state index in [-0.39, 0.29) is 5.04 Å². The van der Waals surface area contributed by atoms with Gasteiger partial charge in [-0.25, -0.2) is 0 Å². The van der Waals surface area contributed by atoms with Gasteiger partial charge < -0.3 is 9.16 Å². The van der Waals surface area contributed by atoms with Crippen molar-refractivity contribution in [1.29, 1.82) is 0 Å². The van der Waals surface area contributed by atoms with E-state index in [1.165, 1.54) is 16.3 Å². The average molecular weight is 343 g/mol. The molecule has 3 heteroatoms. The number of hydrogen-bond acceptors (Lipinski definition) is 2. The van der Waals surface area contributed by atoms with Crippen LogP contribution in [0.1, 0.15) is 32.8 Å². The van der Waals surface area contributed by atoms with Crippen molar-refractivity contribution in [3.05, 3.63) is 54.3 Å². The molecule has 0 heterocycles. The molecule has 2 aromatic rings. The van der Waals surface area contributed by atoms with Gasteiger partial charge >= 0.3 is 0 Å². The monoisotopic (exact) mass is 342 g/mol. The Labute approximate surface area is 147 Å². The summed E-state index contributed by atoms with van der Waals surface area (Å²) in [5.41, 5.74) is 1.35. The summed E-state index contributed by atoms with van der Waals surface area (Å²) in [6.45, 7) is 11.4. The molecule has 0 aliphatic rings. The van der Waals surface area contributed by atoms with Crippen LogP contribution in [0.3, 0.4) is 0 Å². The van der Waals surface area contributed by atoms with E-state index < -0.39 is 8.32 Å². The van der Waals surface area contributed by atoms with Crippen LogP contribution in [-0.4, -0.2) is 15.4 Å². The molecule has 24 heavy (non-hydrogen) atoms.